The molecule has 1 amide bonds. The molecule has 3 nitrogen and oxygen atoms in total. The number of halogens is 3. The maximum atomic E-state index is 13.4. The van der Waals surface area contributed by atoms with E-state index < -0.39 is 18.5 Å². The Morgan fingerprint density at radius 2 is 1.55 bits per heavy atom. The Hall–Kier alpha value is -1.23. The standard InChI is InChI=1S/C24H22BF3NO2S.K/c1-14-16(11-22(25(26,27)28)15(2)23(14)32)12-29-24(30)31-13-21-19-9-5-3-7-17(19)18-8-4-6-10-20(18)21;/h3-11,21,32H,12-13H2,1-2H3,(H,29,30);/q-1;+1. The molecule has 166 valence electrons. The Kier molecular flexibility index (Phi) is 8.46. The first kappa shape index (κ1) is 26.4. The minimum atomic E-state index is -5.18. The maximum Gasteiger partial charge on any atom is 1.00 e. The summed E-state index contributed by atoms with van der Waals surface area (Å²) < 4.78 is 45.6. The number of ether oxygens (including phenoxy) is 1. The van der Waals surface area contributed by atoms with Crippen molar-refractivity contribution in [3.8, 4) is 11.1 Å². The maximum absolute atomic E-state index is 13.4. The number of carbonyl (C=O) groups is 1. The molecule has 0 saturated carbocycles. The third-order valence-corrected chi connectivity index (χ3v) is 6.75. The van der Waals surface area contributed by atoms with Gasteiger partial charge in [0.15, 0.2) is 0 Å². The molecular weight excluding hydrogens is 473 g/mol. The molecule has 0 radical (unpaired) electrons. The van der Waals surface area contributed by atoms with Gasteiger partial charge in [0.1, 0.15) is 6.61 Å². The fourth-order valence-corrected chi connectivity index (χ4v) is 4.59. The van der Waals surface area contributed by atoms with Gasteiger partial charge in [0.05, 0.1) is 0 Å². The van der Waals surface area contributed by atoms with Gasteiger partial charge in [-0.05, 0) is 47.2 Å². The summed E-state index contributed by atoms with van der Waals surface area (Å²) in [6.45, 7) is -2.01. The number of carbonyl (C=O) groups excluding carboxylic acids is 1. The van der Waals surface area contributed by atoms with Gasteiger partial charge in [-0.15, -0.1) is 18.1 Å². The second kappa shape index (κ2) is 10.6. The number of benzene rings is 3. The van der Waals surface area contributed by atoms with E-state index in [1.54, 1.807) is 6.92 Å². The molecule has 0 heterocycles. The number of fused-ring (bicyclic) bond motifs is 3. The second-order valence-corrected chi connectivity index (χ2v) is 8.42. The SMILES string of the molecule is Cc1c(CNC(=O)OCC2c3ccccc3-c3ccccc32)cc([B-](F)(F)F)c(C)c1S.[K+]. The minimum absolute atomic E-state index is 0. The zero-order valence-electron chi connectivity index (χ0n) is 18.7. The molecule has 0 saturated heterocycles. The van der Waals surface area contributed by atoms with E-state index in [0.717, 1.165) is 28.3 Å². The fraction of sp³-hybridized carbons (Fsp3) is 0.208. The van der Waals surface area contributed by atoms with E-state index in [0.29, 0.717) is 11.1 Å². The number of thiol groups is 1. The molecule has 3 aromatic rings. The summed E-state index contributed by atoms with van der Waals surface area (Å²) in [7, 11) is 0. The van der Waals surface area contributed by atoms with Crippen molar-refractivity contribution in [1.82, 2.24) is 5.32 Å². The summed E-state index contributed by atoms with van der Waals surface area (Å²) in [4.78, 5) is 12.7. The molecular formula is C24H22BF3KNO2S. The zero-order valence-corrected chi connectivity index (χ0v) is 22.7. The largest absolute Gasteiger partial charge is 1.00 e. The summed E-state index contributed by atoms with van der Waals surface area (Å²) in [5.74, 6) is -0.0853. The predicted octanol–water partition coefficient (Wildman–Crippen LogP) is 2.69. The number of rotatable bonds is 5. The summed E-state index contributed by atoms with van der Waals surface area (Å²) in [5.41, 5.74) is 4.80. The third-order valence-electron chi connectivity index (χ3n) is 6.07. The average Bonchev–Trinajstić information content (AvgIpc) is 3.08. The van der Waals surface area contributed by atoms with Gasteiger partial charge in [-0.1, -0.05) is 60.2 Å². The summed E-state index contributed by atoms with van der Waals surface area (Å²) in [5, 5.41) is 2.58. The fourth-order valence-electron chi connectivity index (χ4n) is 4.31. The molecule has 0 fully saturated rings. The van der Waals surface area contributed by atoms with E-state index in [1.807, 2.05) is 48.5 Å². The molecule has 0 aromatic heterocycles. The van der Waals surface area contributed by atoms with Crippen molar-refractivity contribution in [2.75, 3.05) is 6.61 Å². The minimum Gasteiger partial charge on any atom is -0.449 e. The van der Waals surface area contributed by atoms with Crippen LogP contribution in [0.5, 0.6) is 0 Å². The van der Waals surface area contributed by atoms with Crippen molar-refractivity contribution in [2.24, 2.45) is 0 Å². The molecule has 9 heteroatoms. The molecule has 1 aliphatic carbocycles. The van der Waals surface area contributed by atoms with Crippen molar-refractivity contribution < 1.29 is 73.9 Å². The van der Waals surface area contributed by atoms with Crippen LogP contribution >= 0.6 is 12.6 Å². The van der Waals surface area contributed by atoms with Crippen LogP contribution in [0, 0.1) is 13.8 Å². The van der Waals surface area contributed by atoms with Crippen molar-refractivity contribution in [2.45, 2.75) is 31.2 Å². The van der Waals surface area contributed by atoms with Gasteiger partial charge in [-0.3, -0.25) is 0 Å². The third kappa shape index (κ3) is 5.39. The van der Waals surface area contributed by atoms with Crippen LogP contribution in [0.15, 0.2) is 59.5 Å². The van der Waals surface area contributed by atoms with Crippen molar-refractivity contribution in [3.63, 3.8) is 0 Å². The van der Waals surface area contributed by atoms with E-state index in [-0.39, 0.29) is 80.9 Å². The van der Waals surface area contributed by atoms with Gasteiger partial charge in [0.25, 0.3) is 0 Å². The number of hydrogen-bond donors (Lipinski definition) is 2. The Bertz CT molecular complexity index is 1160. The van der Waals surface area contributed by atoms with Crippen LogP contribution in [0.25, 0.3) is 11.1 Å². The van der Waals surface area contributed by atoms with Crippen LogP contribution in [0.3, 0.4) is 0 Å². The van der Waals surface area contributed by atoms with Gasteiger partial charge in [0.2, 0.25) is 0 Å². The van der Waals surface area contributed by atoms with Crippen LogP contribution in [0.4, 0.5) is 17.7 Å². The second-order valence-electron chi connectivity index (χ2n) is 7.98. The van der Waals surface area contributed by atoms with Crippen molar-refractivity contribution in [1.29, 1.82) is 0 Å². The molecule has 1 aliphatic rings. The Morgan fingerprint density at radius 3 is 2.09 bits per heavy atom. The van der Waals surface area contributed by atoms with E-state index in [2.05, 4.69) is 17.9 Å². The van der Waals surface area contributed by atoms with E-state index in [9.17, 15) is 17.7 Å². The van der Waals surface area contributed by atoms with Crippen LogP contribution in [0.1, 0.15) is 33.7 Å². The molecule has 4 rings (SSSR count). The number of alkyl carbamates (subject to hydrolysis) is 1. The summed E-state index contributed by atoms with van der Waals surface area (Å²) >= 11 is 4.25. The molecule has 1 N–H and O–H groups in total. The Balaban J connectivity index is 0.00000306. The first-order valence-electron chi connectivity index (χ1n) is 10.3. The summed E-state index contributed by atoms with van der Waals surface area (Å²) in [6, 6.07) is 17.1. The average molecular weight is 495 g/mol. The number of amides is 1. The van der Waals surface area contributed by atoms with Crippen molar-refractivity contribution in [3.05, 3.63) is 82.4 Å². The van der Waals surface area contributed by atoms with Gasteiger partial charge in [0, 0.05) is 17.4 Å². The normalized spacial score (nSPS) is 12.5. The smallest absolute Gasteiger partial charge is 0.449 e. The van der Waals surface area contributed by atoms with Crippen LogP contribution in [-0.2, 0) is 11.3 Å². The zero-order chi connectivity index (χ0) is 23.0. The van der Waals surface area contributed by atoms with Crippen LogP contribution < -0.4 is 62.2 Å². The van der Waals surface area contributed by atoms with Crippen molar-refractivity contribution >= 4 is 31.2 Å². The molecule has 0 atom stereocenters. The van der Waals surface area contributed by atoms with Gasteiger partial charge in [-0.2, -0.15) is 0 Å². The predicted molar refractivity (Wildman–Crippen MR) is 124 cm³/mol. The summed E-state index contributed by atoms with van der Waals surface area (Å²) in [6.07, 6.45) is -0.674. The number of nitrogens with one attached hydrogen (secondary N) is 1. The van der Waals surface area contributed by atoms with Gasteiger partial charge >= 0.3 is 64.5 Å². The van der Waals surface area contributed by atoms with E-state index in [1.165, 1.54) is 6.92 Å². The number of hydrogen-bond acceptors (Lipinski definition) is 3. The molecule has 33 heavy (non-hydrogen) atoms. The Morgan fingerprint density at radius 1 is 1.00 bits per heavy atom. The molecule has 0 spiro atoms. The molecule has 0 bridgehead atoms. The molecule has 3 aromatic carbocycles. The molecule has 0 unspecified atom stereocenters. The quantitative estimate of drug-likeness (QED) is 0.422. The van der Waals surface area contributed by atoms with Crippen LogP contribution in [0.2, 0.25) is 0 Å². The van der Waals surface area contributed by atoms with E-state index in [4.69, 9.17) is 4.74 Å². The topological polar surface area (TPSA) is 38.3 Å². The molecule has 0 aliphatic heterocycles. The van der Waals surface area contributed by atoms with Gasteiger partial charge in [-0.25, -0.2) is 4.79 Å². The Labute approximate surface area is 239 Å². The first-order chi connectivity index (χ1) is 15.2. The van der Waals surface area contributed by atoms with Crippen LogP contribution in [-0.4, -0.2) is 19.7 Å². The first-order valence-corrected chi connectivity index (χ1v) is 10.7. The van der Waals surface area contributed by atoms with E-state index >= 15 is 0 Å². The monoisotopic (exact) mass is 495 g/mol. The van der Waals surface area contributed by atoms with Gasteiger partial charge < -0.3 is 23.0 Å².